The Morgan fingerprint density at radius 2 is 2.17 bits per heavy atom. The average molecular weight is 325 g/mol. The highest BCUT2D eigenvalue weighted by molar-refractivity contribution is 5.94. The summed E-state index contributed by atoms with van der Waals surface area (Å²) in [5, 5.41) is 10.0. The smallest absolute Gasteiger partial charge is 0.255 e. The fourth-order valence-corrected chi connectivity index (χ4v) is 3.28. The van der Waals surface area contributed by atoms with Crippen LogP contribution in [0.3, 0.4) is 0 Å². The lowest BCUT2D eigenvalue weighted by molar-refractivity contribution is 0.0715. The van der Waals surface area contributed by atoms with Gasteiger partial charge >= 0.3 is 0 Å². The molecular weight excluding hydrogens is 309 g/mol. The van der Waals surface area contributed by atoms with Crippen molar-refractivity contribution in [2.24, 2.45) is 0 Å². The van der Waals surface area contributed by atoms with Crippen LogP contribution in [0.25, 0.3) is 5.65 Å². The lowest BCUT2D eigenvalue weighted by Gasteiger charge is -2.25. The minimum atomic E-state index is -0.612. The molecule has 0 spiro atoms. The van der Waals surface area contributed by atoms with E-state index in [0.29, 0.717) is 17.5 Å². The molecule has 0 unspecified atom stereocenters. The maximum absolute atomic E-state index is 13.5. The van der Waals surface area contributed by atoms with E-state index in [1.165, 1.54) is 12.1 Å². The van der Waals surface area contributed by atoms with Gasteiger partial charge in [-0.2, -0.15) is 0 Å². The van der Waals surface area contributed by atoms with E-state index in [1.54, 1.807) is 52.2 Å². The first-order valence-electron chi connectivity index (χ1n) is 7.79. The quantitative estimate of drug-likeness (QED) is 0.787. The van der Waals surface area contributed by atoms with E-state index in [-0.39, 0.29) is 24.3 Å². The number of β-amino-alcohol motifs (C(OH)–C–C–N with tert-alkyl or cyclic N) is 1. The second kappa shape index (κ2) is 5.72. The number of aliphatic hydroxyl groups is 1. The standard InChI is InChI=1S/C18H16FN3O2/c19-14-3-1-2-12(8-14)16-9-15(23)11-22(16)18(24)13-4-5-17-20-6-7-21(17)10-13/h1-8,10,15-16,23H,9,11H2/t15-,16-/m1/s1. The van der Waals surface area contributed by atoms with Gasteiger partial charge in [0.15, 0.2) is 0 Å². The highest BCUT2D eigenvalue weighted by Gasteiger charge is 2.36. The Balaban J connectivity index is 1.68. The zero-order valence-electron chi connectivity index (χ0n) is 12.8. The van der Waals surface area contributed by atoms with Crippen LogP contribution in [-0.2, 0) is 0 Å². The second-order valence-corrected chi connectivity index (χ2v) is 6.03. The van der Waals surface area contributed by atoms with Crippen molar-refractivity contribution in [3.05, 3.63) is 71.9 Å². The fraction of sp³-hybridized carbons (Fsp3) is 0.222. The molecule has 2 atom stereocenters. The van der Waals surface area contributed by atoms with E-state index < -0.39 is 6.10 Å². The molecule has 0 aliphatic carbocycles. The first-order chi connectivity index (χ1) is 11.6. The third-order valence-electron chi connectivity index (χ3n) is 4.41. The molecule has 4 rings (SSSR count). The molecular formula is C18H16FN3O2. The van der Waals surface area contributed by atoms with E-state index in [1.807, 2.05) is 0 Å². The van der Waals surface area contributed by atoms with Crippen molar-refractivity contribution >= 4 is 11.6 Å². The molecule has 1 saturated heterocycles. The maximum atomic E-state index is 13.5. The Bertz CT molecular complexity index is 908. The average Bonchev–Trinajstić information content (AvgIpc) is 3.19. The first kappa shape index (κ1) is 14.8. The molecule has 2 aromatic heterocycles. The Hall–Kier alpha value is -2.73. The number of rotatable bonds is 2. The molecule has 122 valence electrons. The number of hydrogen-bond donors (Lipinski definition) is 1. The number of nitrogens with zero attached hydrogens (tertiary/aromatic N) is 3. The summed E-state index contributed by atoms with van der Waals surface area (Å²) in [6.45, 7) is 0.238. The number of pyridine rings is 1. The number of aromatic nitrogens is 2. The number of aliphatic hydroxyl groups excluding tert-OH is 1. The normalized spacial score (nSPS) is 20.7. The van der Waals surface area contributed by atoms with Gasteiger partial charge in [0.05, 0.1) is 17.7 Å². The van der Waals surface area contributed by atoms with E-state index >= 15 is 0 Å². The molecule has 0 bridgehead atoms. The van der Waals surface area contributed by atoms with Gasteiger partial charge < -0.3 is 14.4 Å². The number of carbonyl (C=O) groups is 1. The minimum absolute atomic E-state index is 0.184. The van der Waals surface area contributed by atoms with Gasteiger partial charge in [-0.25, -0.2) is 9.37 Å². The number of fused-ring (bicyclic) bond motifs is 1. The SMILES string of the molecule is O=C(c1ccc2nccn2c1)N1C[C@H](O)C[C@@H]1c1cccc(F)c1. The summed E-state index contributed by atoms with van der Waals surface area (Å²) in [5.74, 6) is -0.530. The molecule has 1 amide bonds. The monoisotopic (exact) mass is 325 g/mol. The van der Waals surface area contributed by atoms with Crippen LogP contribution in [0.2, 0.25) is 0 Å². The first-order valence-corrected chi connectivity index (χ1v) is 7.79. The van der Waals surface area contributed by atoms with Gasteiger partial charge in [-0.3, -0.25) is 4.79 Å². The van der Waals surface area contributed by atoms with Crippen LogP contribution >= 0.6 is 0 Å². The Morgan fingerprint density at radius 1 is 1.29 bits per heavy atom. The van der Waals surface area contributed by atoms with Gasteiger partial charge in [-0.15, -0.1) is 0 Å². The third kappa shape index (κ3) is 2.55. The van der Waals surface area contributed by atoms with Crippen LogP contribution in [0.5, 0.6) is 0 Å². The summed E-state index contributed by atoms with van der Waals surface area (Å²) in [6, 6.07) is 9.35. The molecule has 1 aliphatic rings. The highest BCUT2D eigenvalue weighted by Crippen LogP contribution is 2.33. The van der Waals surface area contributed by atoms with Gasteiger partial charge in [0, 0.05) is 25.1 Å². The topological polar surface area (TPSA) is 57.8 Å². The maximum Gasteiger partial charge on any atom is 0.255 e. The molecule has 5 nitrogen and oxygen atoms in total. The van der Waals surface area contributed by atoms with Gasteiger partial charge in [-0.1, -0.05) is 12.1 Å². The van der Waals surface area contributed by atoms with Crippen molar-refractivity contribution in [1.29, 1.82) is 0 Å². The van der Waals surface area contributed by atoms with Crippen LogP contribution in [0.1, 0.15) is 28.4 Å². The number of benzene rings is 1. The van der Waals surface area contributed by atoms with E-state index in [0.717, 1.165) is 5.65 Å². The summed E-state index contributed by atoms with van der Waals surface area (Å²) in [5.41, 5.74) is 1.97. The minimum Gasteiger partial charge on any atom is -0.391 e. The molecule has 1 aliphatic heterocycles. The van der Waals surface area contributed by atoms with Gasteiger partial charge in [-0.05, 0) is 36.2 Å². The van der Waals surface area contributed by atoms with Crippen molar-refractivity contribution in [2.45, 2.75) is 18.6 Å². The molecule has 3 heterocycles. The molecule has 6 heteroatoms. The van der Waals surface area contributed by atoms with Crippen LogP contribution < -0.4 is 0 Å². The number of carbonyl (C=O) groups excluding carboxylic acids is 1. The lowest BCUT2D eigenvalue weighted by Crippen LogP contribution is -2.32. The number of imidazole rings is 1. The number of hydrogen-bond acceptors (Lipinski definition) is 3. The molecule has 24 heavy (non-hydrogen) atoms. The number of halogens is 1. The molecule has 1 N–H and O–H groups in total. The van der Waals surface area contributed by atoms with Crippen molar-refractivity contribution in [1.82, 2.24) is 14.3 Å². The highest BCUT2D eigenvalue weighted by atomic mass is 19.1. The fourth-order valence-electron chi connectivity index (χ4n) is 3.28. The summed E-state index contributed by atoms with van der Waals surface area (Å²) in [4.78, 5) is 18.7. The van der Waals surface area contributed by atoms with Crippen LogP contribution in [-0.4, -0.2) is 37.9 Å². The Kier molecular flexibility index (Phi) is 3.54. The molecule has 1 fully saturated rings. The third-order valence-corrected chi connectivity index (χ3v) is 4.41. The van der Waals surface area contributed by atoms with Crippen LogP contribution in [0, 0.1) is 5.82 Å². The largest absolute Gasteiger partial charge is 0.391 e. The van der Waals surface area contributed by atoms with Crippen LogP contribution in [0.15, 0.2) is 55.0 Å². The van der Waals surface area contributed by atoms with Crippen molar-refractivity contribution < 1.29 is 14.3 Å². The van der Waals surface area contributed by atoms with Crippen LogP contribution in [0.4, 0.5) is 4.39 Å². The molecule has 0 saturated carbocycles. The van der Waals surface area contributed by atoms with Gasteiger partial charge in [0.25, 0.3) is 5.91 Å². The van der Waals surface area contributed by atoms with E-state index in [4.69, 9.17) is 0 Å². The predicted octanol–water partition coefficient (Wildman–Crippen LogP) is 2.42. The number of amides is 1. The second-order valence-electron chi connectivity index (χ2n) is 6.03. The zero-order valence-corrected chi connectivity index (χ0v) is 12.8. The summed E-state index contributed by atoms with van der Waals surface area (Å²) in [6.07, 6.45) is 4.95. The van der Waals surface area contributed by atoms with Gasteiger partial charge in [0.2, 0.25) is 0 Å². The van der Waals surface area contributed by atoms with Crippen molar-refractivity contribution in [3.63, 3.8) is 0 Å². The van der Waals surface area contributed by atoms with Crippen molar-refractivity contribution in [3.8, 4) is 0 Å². The summed E-state index contributed by atoms with van der Waals surface area (Å²) in [7, 11) is 0. The zero-order chi connectivity index (χ0) is 16.7. The molecule has 0 radical (unpaired) electrons. The predicted molar refractivity (Wildman–Crippen MR) is 86.0 cm³/mol. The Morgan fingerprint density at radius 3 is 3.00 bits per heavy atom. The summed E-state index contributed by atoms with van der Waals surface area (Å²) < 4.78 is 15.3. The summed E-state index contributed by atoms with van der Waals surface area (Å²) >= 11 is 0. The van der Waals surface area contributed by atoms with Gasteiger partial charge in [0.1, 0.15) is 11.5 Å². The lowest BCUT2D eigenvalue weighted by atomic mass is 10.0. The molecule has 3 aromatic rings. The van der Waals surface area contributed by atoms with Crippen molar-refractivity contribution in [2.75, 3.05) is 6.54 Å². The van der Waals surface area contributed by atoms with E-state index in [9.17, 15) is 14.3 Å². The number of likely N-dealkylation sites (tertiary alicyclic amines) is 1. The van der Waals surface area contributed by atoms with E-state index in [2.05, 4.69) is 4.98 Å². The Labute approximate surface area is 138 Å². The molecule has 1 aromatic carbocycles.